The van der Waals surface area contributed by atoms with Crippen LogP contribution in [0.25, 0.3) is 0 Å². The van der Waals surface area contributed by atoms with Gasteiger partial charge < -0.3 is 11.1 Å². The van der Waals surface area contributed by atoms with E-state index in [4.69, 9.17) is 5.73 Å². The molecular weight excluding hydrogens is 176 g/mol. The third-order valence-corrected chi connectivity index (χ3v) is 2.58. The smallest absolute Gasteiger partial charge is 0.125 e. The van der Waals surface area contributed by atoms with Gasteiger partial charge in [-0.2, -0.15) is 0 Å². The Bertz CT molecular complexity index is 307. The summed E-state index contributed by atoms with van der Waals surface area (Å²) >= 11 is 0. The largest absolute Gasteiger partial charge is 0.328 e. The summed E-state index contributed by atoms with van der Waals surface area (Å²) in [5, 5.41) is 3.42. The van der Waals surface area contributed by atoms with Crippen LogP contribution in [0.15, 0.2) is 12.3 Å². The molecule has 0 amide bonds. The van der Waals surface area contributed by atoms with Crippen LogP contribution < -0.4 is 11.1 Å². The molecule has 3 N–H and O–H groups in total. The zero-order chi connectivity index (χ0) is 9.97. The van der Waals surface area contributed by atoms with E-state index in [1.807, 2.05) is 13.0 Å². The summed E-state index contributed by atoms with van der Waals surface area (Å²) in [6.07, 6.45) is 3.97. The van der Waals surface area contributed by atoms with Gasteiger partial charge in [0.15, 0.2) is 0 Å². The molecule has 0 atom stereocenters. The molecule has 0 radical (unpaired) electrons. The number of hydrogen-bond acceptors (Lipinski definition) is 4. The van der Waals surface area contributed by atoms with Crippen LogP contribution in [-0.2, 0) is 6.54 Å². The molecule has 0 spiro atoms. The normalized spacial score (nSPS) is 25.9. The lowest BCUT2D eigenvalue weighted by molar-refractivity contribution is 0.290. The maximum Gasteiger partial charge on any atom is 0.125 e. The van der Waals surface area contributed by atoms with Crippen molar-refractivity contribution in [3.8, 4) is 0 Å². The van der Waals surface area contributed by atoms with Gasteiger partial charge in [-0.25, -0.2) is 9.97 Å². The van der Waals surface area contributed by atoms with Crippen LogP contribution >= 0.6 is 0 Å². The molecule has 1 aromatic heterocycles. The van der Waals surface area contributed by atoms with Gasteiger partial charge in [0.2, 0.25) is 0 Å². The summed E-state index contributed by atoms with van der Waals surface area (Å²) < 4.78 is 0. The van der Waals surface area contributed by atoms with Crippen LogP contribution in [0.5, 0.6) is 0 Å². The van der Waals surface area contributed by atoms with E-state index >= 15 is 0 Å². The van der Waals surface area contributed by atoms with Gasteiger partial charge in [0.25, 0.3) is 0 Å². The number of rotatable bonds is 3. The van der Waals surface area contributed by atoms with E-state index in [-0.39, 0.29) is 0 Å². The molecule has 0 aromatic carbocycles. The zero-order valence-corrected chi connectivity index (χ0v) is 8.40. The maximum atomic E-state index is 5.70. The number of nitrogens with one attached hydrogen (secondary N) is 1. The average Bonchev–Trinajstić information content (AvgIpc) is 2.11. The average molecular weight is 192 g/mol. The summed E-state index contributed by atoms with van der Waals surface area (Å²) in [5.41, 5.74) is 6.75. The first-order valence-electron chi connectivity index (χ1n) is 5.01. The summed E-state index contributed by atoms with van der Waals surface area (Å²) in [4.78, 5) is 8.37. The molecule has 1 aliphatic rings. The highest BCUT2D eigenvalue weighted by atomic mass is 15.0. The highest BCUT2D eigenvalue weighted by Gasteiger charge is 2.24. The second-order valence-corrected chi connectivity index (χ2v) is 3.90. The van der Waals surface area contributed by atoms with Crippen molar-refractivity contribution in [1.29, 1.82) is 0 Å². The molecule has 1 heterocycles. The van der Waals surface area contributed by atoms with Gasteiger partial charge >= 0.3 is 0 Å². The van der Waals surface area contributed by atoms with Crippen LogP contribution in [0.3, 0.4) is 0 Å². The van der Waals surface area contributed by atoms with Crippen molar-refractivity contribution in [2.45, 2.75) is 38.4 Å². The molecule has 1 saturated carbocycles. The first-order chi connectivity index (χ1) is 6.74. The van der Waals surface area contributed by atoms with Crippen molar-refractivity contribution in [2.75, 3.05) is 0 Å². The summed E-state index contributed by atoms with van der Waals surface area (Å²) in [6.45, 7) is 2.73. The lowest BCUT2D eigenvalue weighted by Crippen LogP contribution is -2.48. The van der Waals surface area contributed by atoms with Crippen molar-refractivity contribution in [2.24, 2.45) is 5.73 Å². The second kappa shape index (κ2) is 4.02. The predicted molar refractivity (Wildman–Crippen MR) is 54.6 cm³/mol. The van der Waals surface area contributed by atoms with Crippen LogP contribution in [0, 0.1) is 6.92 Å². The SMILES string of the molecule is Cc1nccc(CNC2CC(N)C2)n1. The van der Waals surface area contributed by atoms with E-state index in [0.29, 0.717) is 12.1 Å². The van der Waals surface area contributed by atoms with Crippen molar-refractivity contribution in [3.05, 3.63) is 23.8 Å². The van der Waals surface area contributed by atoms with Gasteiger partial charge in [-0.3, -0.25) is 0 Å². The highest BCUT2D eigenvalue weighted by Crippen LogP contribution is 2.17. The van der Waals surface area contributed by atoms with Crippen LogP contribution in [0.4, 0.5) is 0 Å². The first-order valence-corrected chi connectivity index (χ1v) is 5.01. The van der Waals surface area contributed by atoms with Gasteiger partial charge in [-0.15, -0.1) is 0 Å². The van der Waals surface area contributed by atoms with Crippen molar-refractivity contribution >= 4 is 0 Å². The summed E-state index contributed by atoms with van der Waals surface area (Å²) in [6, 6.07) is 2.93. The molecule has 1 aromatic rings. The van der Waals surface area contributed by atoms with Crippen molar-refractivity contribution < 1.29 is 0 Å². The molecule has 14 heavy (non-hydrogen) atoms. The van der Waals surface area contributed by atoms with Crippen LogP contribution in [0.1, 0.15) is 24.4 Å². The topological polar surface area (TPSA) is 63.8 Å². The molecule has 0 aliphatic heterocycles. The minimum absolute atomic E-state index is 0.402. The van der Waals surface area contributed by atoms with E-state index < -0.39 is 0 Å². The van der Waals surface area contributed by atoms with E-state index in [1.54, 1.807) is 6.20 Å². The Hall–Kier alpha value is -1.00. The van der Waals surface area contributed by atoms with E-state index in [2.05, 4.69) is 15.3 Å². The van der Waals surface area contributed by atoms with Gasteiger partial charge in [0, 0.05) is 24.8 Å². The third kappa shape index (κ3) is 2.27. The highest BCUT2D eigenvalue weighted by molar-refractivity contribution is 5.02. The standard InChI is InChI=1S/C10H16N4/c1-7-12-3-2-9(14-7)6-13-10-4-8(11)5-10/h2-3,8,10,13H,4-6,11H2,1H3. The van der Waals surface area contributed by atoms with Gasteiger partial charge in [0.1, 0.15) is 5.82 Å². The molecule has 76 valence electrons. The first kappa shape index (κ1) is 9.55. The lowest BCUT2D eigenvalue weighted by Gasteiger charge is -2.33. The van der Waals surface area contributed by atoms with Crippen molar-refractivity contribution in [1.82, 2.24) is 15.3 Å². The Morgan fingerprint density at radius 2 is 2.36 bits per heavy atom. The fraction of sp³-hybridized carbons (Fsp3) is 0.600. The third-order valence-electron chi connectivity index (χ3n) is 2.58. The van der Waals surface area contributed by atoms with Gasteiger partial charge in [0.05, 0.1) is 5.69 Å². The molecule has 1 aliphatic carbocycles. The molecule has 1 fully saturated rings. The monoisotopic (exact) mass is 192 g/mol. The Morgan fingerprint density at radius 3 is 3.00 bits per heavy atom. The number of aromatic nitrogens is 2. The second-order valence-electron chi connectivity index (χ2n) is 3.90. The fourth-order valence-electron chi connectivity index (χ4n) is 1.68. The quantitative estimate of drug-likeness (QED) is 0.726. The lowest BCUT2D eigenvalue weighted by atomic mass is 9.88. The molecule has 0 unspecified atom stereocenters. The van der Waals surface area contributed by atoms with E-state index in [1.165, 1.54) is 0 Å². The minimum atomic E-state index is 0.402. The summed E-state index contributed by atoms with van der Waals surface area (Å²) in [5.74, 6) is 0.828. The van der Waals surface area contributed by atoms with Crippen LogP contribution in [-0.4, -0.2) is 22.1 Å². The van der Waals surface area contributed by atoms with E-state index in [0.717, 1.165) is 30.9 Å². The zero-order valence-electron chi connectivity index (χ0n) is 8.40. The minimum Gasteiger partial charge on any atom is -0.328 e. The Balaban J connectivity index is 1.80. The Kier molecular flexibility index (Phi) is 2.74. The molecule has 4 heteroatoms. The molecule has 0 saturated heterocycles. The van der Waals surface area contributed by atoms with Crippen molar-refractivity contribution in [3.63, 3.8) is 0 Å². The predicted octanol–water partition coefficient (Wildman–Crippen LogP) is 0.364. The molecular formula is C10H16N4. The number of nitrogens with two attached hydrogens (primary N) is 1. The molecule has 4 nitrogen and oxygen atoms in total. The number of hydrogen-bond donors (Lipinski definition) is 2. The fourth-order valence-corrected chi connectivity index (χ4v) is 1.68. The van der Waals surface area contributed by atoms with Gasteiger partial charge in [-0.1, -0.05) is 0 Å². The van der Waals surface area contributed by atoms with Gasteiger partial charge in [-0.05, 0) is 25.8 Å². The molecule has 0 bridgehead atoms. The van der Waals surface area contributed by atoms with E-state index in [9.17, 15) is 0 Å². The van der Waals surface area contributed by atoms with Crippen LogP contribution in [0.2, 0.25) is 0 Å². The Labute approximate surface area is 83.9 Å². The maximum absolute atomic E-state index is 5.70. The summed E-state index contributed by atoms with van der Waals surface area (Å²) in [7, 11) is 0. The number of nitrogens with zero attached hydrogens (tertiary/aromatic N) is 2. The number of aryl methyl sites for hydroxylation is 1. The Morgan fingerprint density at radius 1 is 1.57 bits per heavy atom. The molecule has 2 rings (SSSR count).